The quantitative estimate of drug-likeness (QED) is 0.116. The maximum atomic E-state index is 15.1. The number of nitrogens with zero attached hydrogens (tertiary/aromatic N) is 6. The summed E-state index contributed by atoms with van der Waals surface area (Å²) in [4.78, 5) is 49.3. The van der Waals surface area contributed by atoms with Gasteiger partial charge in [-0.05, 0) is 56.6 Å². The largest absolute Gasteiger partial charge is 0.490 e. The van der Waals surface area contributed by atoms with Crippen molar-refractivity contribution in [2.24, 2.45) is 12.0 Å². The summed E-state index contributed by atoms with van der Waals surface area (Å²) < 4.78 is 68.6. The number of aliphatic carboxylic acids is 1. The molecule has 2 aromatic carbocycles. The van der Waals surface area contributed by atoms with Crippen molar-refractivity contribution in [3.63, 3.8) is 0 Å². The van der Waals surface area contributed by atoms with Crippen molar-refractivity contribution in [3.05, 3.63) is 89.1 Å². The number of imidazole rings is 1. The van der Waals surface area contributed by atoms with Crippen molar-refractivity contribution in [2.45, 2.75) is 6.18 Å². The number of alkyl halides is 3. The van der Waals surface area contributed by atoms with Gasteiger partial charge in [0.2, 0.25) is 5.82 Å². The van der Waals surface area contributed by atoms with Gasteiger partial charge in [-0.1, -0.05) is 18.2 Å². The number of nitrogens with one attached hydrogen (secondary N) is 1. The molecular weight excluding hydrogens is 717 g/mol. The molecule has 0 unspecified atom stereocenters. The van der Waals surface area contributed by atoms with Crippen LogP contribution in [0.1, 0.15) is 21.0 Å². The molecule has 1 fully saturated rings. The molecule has 0 atom stereocenters. The highest BCUT2D eigenvalue weighted by Gasteiger charge is 2.38. The van der Waals surface area contributed by atoms with Crippen LogP contribution in [0.2, 0.25) is 5.02 Å². The Kier molecular flexibility index (Phi) is 14.6. The van der Waals surface area contributed by atoms with Crippen LogP contribution < -0.4 is 10.1 Å². The standard InChI is InChI=1S/C32H36ClF2N7O3.C2HF3O2/c1-6-22(11-12-36-2)45-27-10-9-24(28(34)29(27)35)26-20-37-30(40(26)5)31(43)38-21-7-8-23(25(33)19-21)32(44)42-17-15-41(16-18-42)14-13-39(3)4;3-2(4,5)1(6)7/h6-12,19-20H,1,13-18H2,2-5H3,(H,38,43);(H,6,7)/b22-11+,36-12?;. The van der Waals surface area contributed by atoms with Gasteiger partial charge in [-0.3, -0.25) is 19.5 Å². The second kappa shape index (κ2) is 18.4. The number of benzene rings is 2. The van der Waals surface area contributed by atoms with Gasteiger partial charge in [-0.25, -0.2) is 14.2 Å². The zero-order chi connectivity index (χ0) is 38.7. The average Bonchev–Trinajstić information content (AvgIpc) is 3.48. The minimum atomic E-state index is -5.08. The van der Waals surface area contributed by atoms with Gasteiger partial charge in [0.25, 0.3) is 11.8 Å². The number of likely N-dealkylation sites (N-methyl/N-ethyl adjacent to an activating group) is 1. The molecule has 280 valence electrons. The van der Waals surface area contributed by atoms with Gasteiger partial charge >= 0.3 is 12.1 Å². The van der Waals surface area contributed by atoms with Crippen molar-refractivity contribution in [1.82, 2.24) is 24.3 Å². The molecule has 0 spiro atoms. The van der Waals surface area contributed by atoms with E-state index in [1.54, 1.807) is 24.1 Å². The molecular formula is C34H37ClF5N7O5. The van der Waals surface area contributed by atoms with Crippen molar-refractivity contribution >= 4 is 41.3 Å². The van der Waals surface area contributed by atoms with Crippen LogP contribution in [-0.4, -0.2) is 120 Å². The van der Waals surface area contributed by atoms with E-state index in [4.69, 9.17) is 26.2 Å². The fourth-order valence-electron chi connectivity index (χ4n) is 4.74. The van der Waals surface area contributed by atoms with Gasteiger partial charge in [-0.2, -0.15) is 17.6 Å². The Labute approximate surface area is 301 Å². The third kappa shape index (κ3) is 10.9. The number of carboxylic acid groups (broad SMARTS) is 1. The SMILES string of the molecule is C=C/C(=C\C=NC)Oc1ccc(-c2cnc(C(=O)Nc3ccc(C(=O)N4CCN(CCN(C)C)CC4)c(Cl)c3)n2C)c(F)c1F.O=C(O)C(F)(F)F. The number of anilines is 1. The Morgan fingerprint density at radius 1 is 1.12 bits per heavy atom. The number of aliphatic imine (C=N–C) groups is 1. The molecule has 3 aromatic rings. The first kappa shape index (κ1) is 41.3. The maximum absolute atomic E-state index is 15.1. The molecule has 1 aliphatic rings. The fourth-order valence-corrected chi connectivity index (χ4v) is 5.00. The van der Waals surface area contributed by atoms with Crippen molar-refractivity contribution in [3.8, 4) is 17.0 Å². The van der Waals surface area contributed by atoms with E-state index in [2.05, 4.69) is 31.7 Å². The summed E-state index contributed by atoms with van der Waals surface area (Å²) in [5.74, 6) is -6.13. The summed E-state index contributed by atoms with van der Waals surface area (Å²) in [6, 6.07) is 7.26. The molecule has 0 radical (unpaired) electrons. The van der Waals surface area contributed by atoms with Crippen LogP contribution >= 0.6 is 11.6 Å². The van der Waals surface area contributed by atoms with Gasteiger partial charge in [0.15, 0.2) is 17.4 Å². The van der Waals surface area contributed by atoms with Crippen molar-refractivity contribution in [1.29, 1.82) is 0 Å². The second-order valence-corrected chi connectivity index (χ2v) is 11.8. The summed E-state index contributed by atoms with van der Waals surface area (Å²) in [7, 11) is 7.13. The number of ether oxygens (including phenoxy) is 1. The maximum Gasteiger partial charge on any atom is 0.490 e. The molecule has 18 heteroatoms. The summed E-state index contributed by atoms with van der Waals surface area (Å²) in [6.07, 6.45) is 0.417. The molecule has 2 N–H and O–H groups in total. The average molecular weight is 754 g/mol. The van der Waals surface area contributed by atoms with E-state index in [0.29, 0.717) is 24.3 Å². The number of carboxylic acids is 1. The third-order valence-corrected chi connectivity index (χ3v) is 7.87. The molecule has 0 saturated carbocycles. The van der Waals surface area contributed by atoms with E-state index in [9.17, 15) is 27.2 Å². The molecule has 4 rings (SSSR count). The number of hydrogen-bond acceptors (Lipinski definition) is 8. The number of amides is 2. The summed E-state index contributed by atoms with van der Waals surface area (Å²) in [5.41, 5.74) is 0.742. The van der Waals surface area contributed by atoms with Gasteiger partial charge in [0.1, 0.15) is 5.76 Å². The number of aromatic nitrogens is 2. The van der Waals surface area contributed by atoms with E-state index in [-0.39, 0.29) is 39.5 Å². The van der Waals surface area contributed by atoms with Gasteiger partial charge in [0.05, 0.1) is 22.5 Å². The molecule has 1 aromatic heterocycles. The second-order valence-electron chi connectivity index (χ2n) is 11.4. The third-order valence-electron chi connectivity index (χ3n) is 7.55. The lowest BCUT2D eigenvalue weighted by atomic mass is 10.1. The lowest BCUT2D eigenvalue weighted by Crippen LogP contribution is -2.50. The number of allylic oxidation sites excluding steroid dienone is 2. The highest BCUT2D eigenvalue weighted by atomic mass is 35.5. The summed E-state index contributed by atoms with van der Waals surface area (Å²) >= 11 is 6.47. The Balaban J connectivity index is 0.000000944. The van der Waals surface area contributed by atoms with E-state index >= 15 is 4.39 Å². The van der Waals surface area contributed by atoms with Crippen LogP contribution in [0.5, 0.6) is 5.75 Å². The predicted octanol–water partition coefficient (Wildman–Crippen LogP) is 5.37. The van der Waals surface area contributed by atoms with E-state index in [1.165, 1.54) is 54.4 Å². The lowest BCUT2D eigenvalue weighted by molar-refractivity contribution is -0.192. The van der Waals surface area contributed by atoms with Crippen molar-refractivity contribution in [2.75, 3.05) is 65.7 Å². The Morgan fingerprint density at radius 2 is 1.77 bits per heavy atom. The fraction of sp³-hybridized carbons (Fsp3) is 0.324. The molecule has 52 heavy (non-hydrogen) atoms. The van der Waals surface area contributed by atoms with E-state index in [1.807, 2.05) is 14.1 Å². The molecule has 2 heterocycles. The summed E-state index contributed by atoms with van der Waals surface area (Å²) in [6.45, 7) is 8.26. The number of carbonyl (C=O) groups excluding carboxylic acids is 2. The van der Waals surface area contributed by atoms with Crippen LogP contribution in [0.25, 0.3) is 11.3 Å². The molecule has 1 aliphatic heterocycles. The van der Waals surface area contributed by atoms with Crippen LogP contribution in [0.15, 0.2) is 66.0 Å². The predicted molar refractivity (Wildman–Crippen MR) is 186 cm³/mol. The number of rotatable bonds is 11. The van der Waals surface area contributed by atoms with Crippen molar-refractivity contribution < 1.29 is 46.2 Å². The Morgan fingerprint density at radius 3 is 2.33 bits per heavy atom. The van der Waals surface area contributed by atoms with Crippen LogP contribution in [0.3, 0.4) is 0 Å². The zero-order valence-corrected chi connectivity index (χ0v) is 29.4. The number of hydrogen-bond donors (Lipinski definition) is 2. The smallest absolute Gasteiger partial charge is 0.475 e. The number of carbonyl (C=O) groups is 3. The van der Waals surface area contributed by atoms with Crippen LogP contribution in [0, 0.1) is 11.6 Å². The van der Waals surface area contributed by atoms with E-state index < -0.39 is 29.7 Å². The normalized spacial score (nSPS) is 13.9. The minimum Gasteiger partial charge on any atom is -0.475 e. The highest BCUT2D eigenvalue weighted by Crippen LogP contribution is 2.31. The van der Waals surface area contributed by atoms with E-state index in [0.717, 1.165) is 26.2 Å². The highest BCUT2D eigenvalue weighted by molar-refractivity contribution is 6.34. The minimum absolute atomic E-state index is 0.0516. The summed E-state index contributed by atoms with van der Waals surface area (Å²) in [5, 5.41) is 10.0. The molecule has 2 amide bonds. The molecule has 0 aliphatic carbocycles. The zero-order valence-electron chi connectivity index (χ0n) is 28.7. The first-order valence-corrected chi connectivity index (χ1v) is 15.9. The first-order valence-electron chi connectivity index (χ1n) is 15.5. The number of halogens is 6. The van der Waals surface area contributed by atoms with Gasteiger partial charge in [0, 0.05) is 70.8 Å². The Bertz CT molecular complexity index is 1840. The van der Waals surface area contributed by atoms with Crippen LogP contribution in [-0.2, 0) is 11.8 Å². The van der Waals surface area contributed by atoms with Crippen LogP contribution in [0.4, 0.5) is 27.6 Å². The Hall–Kier alpha value is -5.13. The first-order chi connectivity index (χ1) is 24.5. The number of piperazine rings is 1. The molecule has 12 nitrogen and oxygen atoms in total. The topological polar surface area (TPSA) is 133 Å². The molecule has 0 bridgehead atoms. The monoisotopic (exact) mass is 753 g/mol. The lowest BCUT2D eigenvalue weighted by Gasteiger charge is -2.35. The van der Waals surface area contributed by atoms with Gasteiger partial charge in [-0.15, -0.1) is 0 Å². The molecule has 1 saturated heterocycles. The van der Waals surface area contributed by atoms with Gasteiger partial charge < -0.3 is 29.5 Å².